The third-order valence-corrected chi connectivity index (χ3v) is 3.00. The van der Waals surface area contributed by atoms with Crippen molar-refractivity contribution in [3.63, 3.8) is 0 Å². The summed E-state index contributed by atoms with van der Waals surface area (Å²) in [6, 6.07) is 0. The lowest BCUT2D eigenvalue weighted by atomic mass is 10.3. The predicted octanol–water partition coefficient (Wildman–Crippen LogP) is 0.333. The van der Waals surface area contributed by atoms with Gasteiger partial charge < -0.3 is 0 Å². The van der Waals surface area contributed by atoms with E-state index in [-0.39, 0.29) is 6.10 Å². The Morgan fingerprint density at radius 2 is 2.30 bits per heavy atom. The van der Waals surface area contributed by atoms with Crippen molar-refractivity contribution in [2.24, 2.45) is 0 Å². The molecule has 0 radical (unpaired) electrons. The van der Waals surface area contributed by atoms with Crippen molar-refractivity contribution in [2.45, 2.75) is 12.5 Å². The molecule has 2 nitrogen and oxygen atoms in total. The summed E-state index contributed by atoms with van der Waals surface area (Å²) in [6.45, 7) is 0.525. The Hall–Kier alpha value is 0.270. The highest BCUT2D eigenvalue weighted by molar-refractivity contribution is 8.51. The Morgan fingerprint density at radius 3 is 2.70 bits per heavy atom. The van der Waals surface area contributed by atoms with Gasteiger partial charge in [0.2, 0.25) is 0 Å². The van der Waals surface area contributed by atoms with E-state index < -0.39 is 7.71 Å². The zero-order chi connectivity index (χ0) is 7.61. The molecule has 0 N–H and O–H groups in total. The van der Waals surface area contributed by atoms with Crippen LogP contribution >= 0.6 is 0 Å². The molecule has 0 aromatic heterocycles. The highest BCUT2D eigenvalue weighted by Crippen LogP contribution is 2.13. The molecule has 1 fully saturated rings. The summed E-state index contributed by atoms with van der Waals surface area (Å²) >= 11 is 9.59. The molecule has 0 spiro atoms. The predicted molar refractivity (Wildman–Crippen MR) is 46.4 cm³/mol. The van der Waals surface area contributed by atoms with Gasteiger partial charge in [-0.25, -0.2) is 0 Å². The summed E-state index contributed by atoms with van der Waals surface area (Å²) in [5, 5.41) is 0. The van der Waals surface area contributed by atoms with Crippen molar-refractivity contribution in [3.8, 4) is 12.3 Å². The molecule has 10 heavy (non-hydrogen) atoms. The van der Waals surface area contributed by atoms with Crippen molar-refractivity contribution in [1.29, 1.82) is 0 Å². The molecule has 0 aliphatic carbocycles. The molecule has 0 bridgehead atoms. The van der Waals surface area contributed by atoms with Crippen LogP contribution in [0.3, 0.4) is 0 Å². The van der Waals surface area contributed by atoms with Gasteiger partial charge in [-0.1, -0.05) is 5.92 Å². The van der Waals surface area contributed by atoms with Crippen LogP contribution in [-0.4, -0.2) is 12.7 Å². The lowest BCUT2D eigenvalue weighted by Crippen LogP contribution is -2.25. The number of hydrogen-bond acceptors (Lipinski definition) is 4. The van der Waals surface area contributed by atoms with Gasteiger partial charge in [0.05, 0.1) is 6.61 Å². The Morgan fingerprint density at radius 1 is 1.60 bits per heavy atom. The van der Waals surface area contributed by atoms with Gasteiger partial charge in [-0.3, -0.25) is 8.37 Å². The van der Waals surface area contributed by atoms with Gasteiger partial charge in [0.15, 0.2) is 0 Å². The number of terminal acetylenes is 1. The minimum Gasteiger partial charge on any atom is -0.290 e. The maximum Gasteiger partial charge on any atom is 0.138 e. The fourth-order valence-electron chi connectivity index (χ4n) is 0.586. The van der Waals surface area contributed by atoms with Gasteiger partial charge in [-0.05, 0) is 0 Å². The van der Waals surface area contributed by atoms with E-state index in [9.17, 15) is 0 Å². The standard InChI is InChI=1S/C5H6O2S3/c1-2-5-3-4-6-10(8,9)7-5/h1,5H,3-4H2. The van der Waals surface area contributed by atoms with Crippen LogP contribution in [-0.2, 0) is 38.5 Å². The van der Waals surface area contributed by atoms with E-state index in [1.54, 1.807) is 0 Å². The fourth-order valence-corrected chi connectivity index (χ4v) is 2.36. The smallest absolute Gasteiger partial charge is 0.138 e. The number of hydrogen-bond donors (Lipinski definition) is 0. The third-order valence-electron chi connectivity index (χ3n) is 1.03. The monoisotopic (exact) mass is 194 g/mol. The first kappa shape index (κ1) is 8.37. The van der Waals surface area contributed by atoms with E-state index in [2.05, 4.69) is 5.92 Å². The van der Waals surface area contributed by atoms with Gasteiger partial charge in [-0.15, -0.1) is 6.42 Å². The highest BCUT2D eigenvalue weighted by Gasteiger charge is 2.18. The summed E-state index contributed by atoms with van der Waals surface area (Å²) in [5.41, 5.74) is 0. The first-order chi connectivity index (χ1) is 4.64. The maximum atomic E-state index is 5.11. The zero-order valence-electron chi connectivity index (χ0n) is 5.11. The Bertz CT molecular complexity index is 249. The van der Waals surface area contributed by atoms with Crippen LogP contribution in [0.2, 0.25) is 0 Å². The first-order valence-electron chi connectivity index (χ1n) is 2.68. The first-order valence-corrected chi connectivity index (χ1v) is 6.01. The summed E-state index contributed by atoms with van der Waals surface area (Å²) in [5.74, 6) is 2.44. The van der Waals surface area contributed by atoms with Gasteiger partial charge in [0, 0.05) is 28.8 Å². The van der Waals surface area contributed by atoms with Gasteiger partial charge >= 0.3 is 0 Å². The van der Waals surface area contributed by atoms with E-state index >= 15 is 0 Å². The normalized spacial score (nSPS) is 30.9. The zero-order valence-corrected chi connectivity index (χ0v) is 7.56. The van der Waals surface area contributed by atoms with Gasteiger partial charge in [-0.2, -0.15) is 0 Å². The molecule has 1 heterocycles. The van der Waals surface area contributed by atoms with Crippen molar-refractivity contribution in [2.75, 3.05) is 6.61 Å². The summed E-state index contributed by atoms with van der Waals surface area (Å²) in [6.07, 6.45) is 5.57. The van der Waals surface area contributed by atoms with Crippen LogP contribution < -0.4 is 0 Å². The molecular weight excluding hydrogens is 188 g/mol. The SMILES string of the molecule is C#CC1CCOS(=S)(=S)O1. The second kappa shape index (κ2) is 3.11. The Labute approximate surface area is 70.1 Å². The summed E-state index contributed by atoms with van der Waals surface area (Å²) < 4.78 is 10.1. The third kappa shape index (κ3) is 2.15. The van der Waals surface area contributed by atoms with Crippen LogP contribution in [0.15, 0.2) is 0 Å². The minimum atomic E-state index is -2.12. The van der Waals surface area contributed by atoms with Crippen LogP contribution in [0.4, 0.5) is 0 Å². The van der Waals surface area contributed by atoms with Crippen molar-refractivity contribution in [1.82, 2.24) is 0 Å². The highest BCUT2D eigenvalue weighted by atomic mass is 33.1. The second-order valence-corrected chi connectivity index (χ2v) is 6.28. The van der Waals surface area contributed by atoms with Crippen LogP contribution in [0.25, 0.3) is 0 Å². The molecule has 56 valence electrons. The van der Waals surface area contributed by atoms with Crippen molar-refractivity contribution < 1.29 is 8.37 Å². The minimum absolute atomic E-state index is 0.237. The molecule has 0 aromatic rings. The van der Waals surface area contributed by atoms with E-state index in [4.69, 9.17) is 37.2 Å². The van der Waals surface area contributed by atoms with Gasteiger partial charge in [0.1, 0.15) is 13.8 Å². The van der Waals surface area contributed by atoms with Crippen LogP contribution in [0.1, 0.15) is 6.42 Å². The molecule has 1 aliphatic heterocycles. The molecule has 1 aliphatic rings. The maximum absolute atomic E-state index is 5.11. The molecule has 5 heteroatoms. The quantitative estimate of drug-likeness (QED) is 0.517. The molecule has 0 saturated carbocycles. The second-order valence-electron chi connectivity index (χ2n) is 1.77. The molecule has 0 aromatic carbocycles. The van der Waals surface area contributed by atoms with Crippen LogP contribution in [0.5, 0.6) is 0 Å². The Balaban J connectivity index is 2.67. The van der Waals surface area contributed by atoms with Crippen molar-refractivity contribution in [3.05, 3.63) is 0 Å². The van der Waals surface area contributed by atoms with E-state index in [0.29, 0.717) is 13.0 Å². The lowest BCUT2D eigenvalue weighted by molar-refractivity contribution is 0.165. The van der Waals surface area contributed by atoms with E-state index in [1.807, 2.05) is 0 Å². The van der Waals surface area contributed by atoms with E-state index in [0.717, 1.165) is 0 Å². The van der Waals surface area contributed by atoms with E-state index in [1.165, 1.54) is 0 Å². The molecule has 0 amide bonds. The Kier molecular flexibility index (Phi) is 2.61. The molecule has 1 saturated heterocycles. The lowest BCUT2D eigenvalue weighted by Gasteiger charge is -2.21. The largest absolute Gasteiger partial charge is 0.290 e. The molecule has 1 rings (SSSR count). The summed E-state index contributed by atoms with van der Waals surface area (Å²) in [4.78, 5) is 0. The van der Waals surface area contributed by atoms with Crippen molar-refractivity contribution >= 4 is 30.1 Å². The van der Waals surface area contributed by atoms with Crippen LogP contribution in [0, 0.1) is 12.3 Å². The summed E-state index contributed by atoms with van der Waals surface area (Å²) in [7, 11) is -2.12. The number of rotatable bonds is 0. The average Bonchev–Trinajstić information content (AvgIpc) is 1.86. The average molecular weight is 194 g/mol. The molecular formula is C5H6O2S3. The van der Waals surface area contributed by atoms with Gasteiger partial charge in [0.25, 0.3) is 0 Å². The topological polar surface area (TPSA) is 18.5 Å². The fraction of sp³-hybridized carbons (Fsp3) is 0.600. The molecule has 1 unspecified atom stereocenters. The molecule has 1 atom stereocenters.